The molecule has 2 nitrogen and oxygen atoms in total. The zero-order chi connectivity index (χ0) is 11.4. The SMILES string of the molecule is CC(N)c1cccc(Cc2cccnc2)c1. The van der Waals surface area contributed by atoms with Crippen molar-refractivity contribution in [2.24, 2.45) is 5.73 Å². The molecule has 2 aromatic rings. The van der Waals surface area contributed by atoms with Crippen molar-refractivity contribution < 1.29 is 0 Å². The van der Waals surface area contributed by atoms with Gasteiger partial charge in [0, 0.05) is 18.4 Å². The summed E-state index contributed by atoms with van der Waals surface area (Å²) in [7, 11) is 0. The van der Waals surface area contributed by atoms with Crippen LogP contribution in [-0.2, 0) is 6.42 Å². The van der Waals surface area contributed by atoms with E-state index in [0.717, 1.165) is 6.42 Å². The van der Waals surface area contributed by atoms with E-state index in [1.165, 1.54) is 16.7 Å². The van der Waals surface area contributed by atoms with Gasteiger partial charge in [-0.1, -0.05) is 30.3 Å². The summed E-state index contributed by atoms with van der Waals surface area (Å²) in [6, 6.07) is 12.6. The minimum atomic E-state index is 0.0915. The van der Waals surface area contributed by atoms with Crippen molar-refractivity contribution >= 4 is 0 Å². The highest BCUT2D eigenvalue weighted by Crippen LogP contribution is 2.14. The smallest absolute Gasteiger partial charge is 0.0303 e. The third kappa shape index (κ3) is 2.67. The van der Waals surface area contributed by atoms with Gasteiger partial charge in [-0.25, -0.2) is 0 Å². The Morgan fingerprint density at radius 1 is 1.19 bits per heavy atom. The Labute approximate surface area is 96.1 Å². The number of nitrogens with two attached hydrogens (primary N) is 1. The molecule has 0 fully saturated rings. The molecule has 0 aliphatic carbocycles. The van der Waals surface area contributed by atoms with Crippen LogP contribution in [0.15, 0.2) is 48.8 Å². The van der Waals surface area contributed by atoms with E-state index in [2.05, 4.69) is 35.3 Å². The molecule has 1 unspecified atom stereocenters. The first-order valence-corrected chi connectivity index (χ1v) is 5.49. The fourth-order valence-corrected chi connectivity index (χ4v) is 1.72. The summed E-state index contributed by atoms with van der Waals surface area (Å²) >= 11 is 0. The Morgan fingerprint density at radius 3 is 2.69 bits per heavy atom. The Morgan fingerprint density at radius 2 is 2.00 bits per heavy atom. The summed E-state index contributed by atoms with van der Waals surface area (Å²) in [6.45, 7) is 2.00. The fourth-order valence-electron chi connectivity index (χ4n) is 1.72. The van der Waals surface area contributed by atoms with Crippen molar-refractivity contribution in [1.82, 2.24) is 4.98 Å². The van der Waals surface area contributed by atoms with Gasteiger partial charge in [-0.2, -0.15) is 0 Å². The molecule has 0 saturated heterocycles. The van der Waals surface area contributed by atoms with Crippen molar-refractivity contribution in [3.63, 3.8) is 0 Å². The Kier molecular flexibility index (Phi) is 3.32. The van der Waals surface area contributed by atoms with Crippen LogP contribution in [0, 0.1) is 0 Å². The van der Waals surface area contributed by atoms with Gasteiger partial charge in [0.15, 0.2) is 0 Å². The maximum atomic E-state index is 5.86. The first-order chi connectivity index (χ1) is 7.75. The van der Waals surface area contributed by atoms with Crippen molar-refractivity contribution in [3.05, 3.63) is 65.5 Å². The molecule has 0 bridgehead atoms. The van der Waals surface area contributed by atoms with Crippen LogP contribution in [0.4, 0.5) is 0 Å². The van der Waals surface area contributed by atoms with E-state index in [1.807, 2.05) is 19.2 Å². The van der Waals surface area contributed by atoms with Gasteiger partial charge in [0.1, 0.15) is 0 Å². The van der Waals surface area contributed by atoms with E-state index in [-0.39, 0.29) is 6.04 Å². The monoisotopic (exact) mass is 212 g/mol. The van der Waals surface area contributed by atoms with Gasteiger partial charge in [-0.05, 0) is 36.1 Å². The van der Waals surface area contributed by atoms with Crippen LogP contribution in [0.1, 0.15) is 29.7 Å². The van der Waals surface area contributed by atoms with Gasteiger partial charge in [0.05, 0.1) is 0 Å². The number of aromatic nitrogens is 1. The van der Waals surface area contributed by atoms with Gasteiger partial charge >= 0.3 is 0 Å². The maximum absolute atomic E-state index is 5.86. The molecule has 16 heavy (non-hydrogen) atoms. The highest BCUT2D eigenvalue weighted by Gasteiger charge is 2.01. The zero-order valence-corrected chi connectivity index (χ0v) is 9.43. The Balaban J connectivity index is 2.19. The van der Waals surface area contributed by atoms with E-state index in [9.17, 15) is 0 Å². The number of hydrogen-bond donors (Lipinski definition) is 1. The van der Waals surface area contributed by atoms with E-state index in [0.29, 0.717) is 0 Å². The summed E-state index contributed by atoms with van der Waals surface area (Å²) in [5, 5.41) is 0. The van der Waals surface area contributed by atoms with E-state index < -0.39 is 0 Å². The molecule has 2 heteroatoms. The second-order valence-corrected chi connectivity index (χ2v) is 4.07. The molecule has 1 heterocycles. The number of hydrogen-bond acceptors (Lipinski definition) is 2. The van der Waals surface area contributed by atoms with Crippen LogP contribution in [-0.4, -0.2) is 4.98 Å². The van der Waals surface area contributed by atoms with Gasteiger partial charge in [-0.3, -0.25) is 4.98 Å². The fraction of sp³-hybridized carbons (Fsp3) is 0.214. The lowest BCUT2D eigenvalue weighted by Crippen LogP contribution is -2.05. The molecule has 0 radical (unpaired) electrons. The van der Waals surface area contributed by atoms with Crippen molar-refractivity contribution in [2.45, 2.75) is 19.4 Å². The van der Waals surface area contributed by atoms with Crippen LogP contribution in [0.3, 0.4) is 0 Å². The van der Waals surface area contributed by atoms with E-state index >= 15 is 0 Å². The third-order valence-electron chi connectivity index (χ3n) is 2.61. The molecule has 1 aromatic heterocycles. The summed E-state index contributed by atoms with van der Waals surface area (Å²) in [5.74, 6) is 0. The second-order valence-electron chi connectivity index (χ2n) is 4.07. The standard InChI is InChI=1S/C14H16N2/c1-11(15)14-6-2-4-12(9-14)8-13-5-3-7-16-10-13/h2-7,9-11H,8,15H2,1H3. The van der Waals surface area contributed by atoms with Gasteiger partial charge in [-0.15, -0.1) is 0 Å². The summed E-state index contributed by atoms with van der Waals surface area (Å²) in [4.78, 5) is 4.11. The first-order valence-electron chi connectivity index (χ1n) is 5.49. The molecular formula is C14H16N2. The average Bonchev–Trinajstić information content (AvgIpc) is 2.30. The number of rotatable bonds is 3. The second kappa shape index (κ2) is 4.90. The first kappa shape index (κ1) is 10.8. The predicted molar refractivity (Wildman–Crippen MR) is 66.1 cm³/mol. The third-order valence-corrected chi connectivity index (χ3v) is 2.61. The summed E-state index contributed by atoms with van der Waals surface area (Å²) in [6.07, 6.45) is 4.61. The number of benzene rings is 1. The van der Waals surface area contributed by atoms with Gasteiger partial charge < -0.3 is 5.73 Å². The van der Waals surface area contributed by atoms with Crippen LogP contribution >= 0.6 is 0 Å². The molecule has 2 rings (SSSR count). The molecule has 0 amide bonds. The molecule has 1 atom stereocenters. The van der Waals surface area contributed by atoms with Crippen molar-refractivity contribution in [2.75, 3.05) is 0 Å². The lowest BCUT2D eigenvalue weighted by molar-refractivity contribution is 0.816. The molecule has 0 saturated carbocycles. The van der Waals surface area contributed by atoms with Crippen molar-refractivity contribution in [1.29, 1.82) is 0 Å². The van der Waals surface area contributed by atoms with Crippen LogP contribution in [0.5, 0.6) is 0 Å². The summed E-state index contributed by atoms with van der Waals surface area (Å²) < 4.78 is 0. The minimum Gasteiger partial charge on any atom is -0.324 e. The van der Waals surface area contributed by atoms with E-state index in [4.69, 9.17) is 5.73 Å². The number of nitrogens with zero attached hydrogens (tertiary/aromatic N) is 1. The largest absolute Gasteiger partial charge is 0.324 e. The normalized spacial score (nSPS) is 12.4. The highest BCUT2D eigenvalue weighted by atomic mass is 14.6. The quantitative estimate of drug-likeness (QED) is 0.849. The predicted octanol–water partition coefficient (Wildman–Crippen LogP) is 2.69. The average molecular weight is 212 g/mol. The molecule has 2 N–H and O–H groups in total. The Bertz CT molecular complexity index is 449. The lowest BCUT2D eigenvalue weighted by atomic mass is 10.0. The minimum absolute atomic E-state index is 0.0915. The van der Waals surface area contributed by atoms with Crippen LogP contribution in [0.2, 0.25) is 0 Å². The molecular weight excluding hydrogens is 196 g/mol. The molecule has 0 aliphatic rings. The van der Waals surface area contributed by atoms with Gasteiger partial charge in [0.25, 0.3) is 0 Å². The topological polar surface area (TPSA) is 38.9 Å². The number of pyridine rings is 1. The van der Waals surface area contributed by atoms with Crippen LogP contribution in [0.25, 0.3) is 0 Å². The molecule has 0 spiro atoms. The van der Waals surface area contributed by atoms with Gasteiger partial charge in [0.2, 0.25) is 0 Å². The highest BCUT2D eigenvalue weighted by molar-refractivity contribution is 5.29. The van der Waals surface area contributed by atoms with Crippen molar-refractivity contribution in [3.8, 4) is 0 Å². The molecule has 82 valence electrons. The molecule has 1 aromatic carbocycles. The zero-order valence-electron chi connectivity index (χ0n) is 9.43. The van der Waals surface area contributed by atoms with E-state index in [1.54, 1.807) is 6.20 Å². The maximum Gasteiger partial charge on any atom is 0.0303 e. The Hall–Kier alpha value is -1.67. The summed E-state index contributed by atoms with van der Waals surface area (Å²) in [5.41, 5.74) is 9.55. The van der Waals surface area contributed by atoms with Crippen LogP contribution < -0.4 is 5.73 Å². The molecule has 0 aliphatic heterocycles. The lowest BCUT2D eigenvalue weighted by Gasteiger charge is -2.08.